The Kier molecular flexibility index (Phi) is 5.47. The molecular formula is C14H21Cl2NO. The fraction of sp³-hybridized carbons (Fsp3) is 0.571. The van der Waals surface area contributed by atoms with Gasteiger partial charge in [-0.05, 0) is 39.2 Å². The van der Waals surface area contributed by atoms with E-state index in [1.165, 1.54) is 0 Å². The van der Waals surface area contributed by atoms with Crippen molar-refractivity contribution < 1.29 is 5.11 Å². The van der Waals surface area contributed by atoms with Crippen molar-refractivity contribution in [3.63, 3.8) is 0 Å². The molecule has 1 aliphatic rings. The molecule has 0 saturated carbocycles. The minimum Gasteiger partial charge on any atom is -0.387 e. The van der Waals surface area contributed by atoms with Crippen LogP contribution in [-0.2, 0) is 0 Å². The molecule has 0 aliphatic carbocycles. The fourth-order valence-electron chi connectivity index (χ4n) is 2.58. The molecule has 0 bridgehead atoms. The molecule has 0 unspecified atom stereocenters. The monoisotopic (exact) mass is 289 g/mol. The van der Waals surface area contributed by atoms with Crippen molar-refractivity contribution in [2.45, 2.75) is 50.8 Å². The predicted molar refractivity (Wildman–Crippen MR) is 78.5 cm³/mol. The predicted octanol–water partition coefficient (Wildman–Crippen LogP) is 3.72. The molecule has 2 rings (SSSR count). The number of rotatable bonds is 2. The van der Waals surface area contributed by atoms with Gasteiger partial charge in [0.15, 0.2) is 0 Å². The number of hydrogen-bond donors (Lipinski definition) is 2. The molecule has 18 heavy (non-hydrogen) atoms. The molecule has 2 nitrogen and oxygen atoms in total. The molecule has 1 fully saturated rings. The van der Waals surface area contributed by atoms with Gasteiger partial charge in [0.1, 0.15) is 0 Å². The molecule has 4 heteroatoms. The van der Waals surface area contributed by atoms with E-state index >= 15 is 0 Å². The Morgan fingerprint density at radius 2 is 2.06 bits per heavy atom. The van der Waals surface area contributed by atoms with Crippen molar-refractivity contribution in [2.75, 3.05) is 0 Å². The molecule has 2 atom stereocenters. The van der Waals surface area contributed by atoms with Crippen LogP contribution in [0.25, 0.3) is 0 Å². The van der Waals surface area contributed by atoms with E-state index in [0.717, 1.165) is 24.8 Å². The summed E-state index contributed by atoms with van der Waals surface area (Å²) in [7, 11) is 0. The number of aliphatic hydroxyl groups is 1. The van der Waals surface area contributed by atoms with Crippen LogP contribution in [0.1, 0.15) is 44.8 Å². The lowest BCUT2D eigenvalue weighted by Crippen LogP contribution is -2.51. The molecule has 102 valence electrons. The summed E-state index contributed by atoms with van der Waals surface area (Å²) in [6, 6.07) is 7.62. The first-order valence-electron chi connectivity index (χ1n) is 6.20. The molecule has 0 radical (unpaired) electrons. The van der Waals surface area contributed by atoms with Crippen LogP contribution < -0.4 is 5.32 Å². The summed E-state index contributed by atoms with van der Waals surface area (Å²) in [5.41, 5.74) is 0.926. The smallest absolute Gasteiger partial charge is 0.0957 e. The molecule has 0 aromatic heterocycles. The maximum atomic E-state index is 10.4. The van der Waals surface area contributed by atoms with Crippen LogP contribution in [0, 0.1) is 0 Å². The highest BCUT2D eigenvalue weighted by atomic mass is 35.5. The number of benzene rings is 1. The Hall–Kier alpha value is -0.280. The summed E-state index contributed by atoms with van der Waals surface area (Å²) in [6.07, 6.45) is 2.77. The summed E-state index contributed by atoms with van der Waals surface area (Å²) in [6.45, 7) is 4.36. The van der Waals surface area contributed by atoms with Gasteiger partial charge >= 0.3 is 0 Å². The first-order chi connectivity index (χ1) is 7.99. The Bertz CT molecular complexity index is 395. The van der Waals surface area contributed by atoms with Crippen LogP contribution >= 0.6 is 24.0 Å². The van der Waals surface area contributed by atoms with E-state index in [-0.39, 0.29) is 24.0 Å². The minimum absolute atomic E-state index is 0. The second-order valence-electron chi connectivity index (χ2n) is 5.49. The molecular weight excluding hydrogens is 269 g/mol. The van der Waals surface area contributed by atoms with Gasteiger partial charge in [-0.1, -0.05) is 29.8 Å². The van der Waals surface area contributed by atoms with Gasteiger partial charge in [0.25, 0.3) is 0 Å². The molecule has 1 aliphatic heterocycles. The van der Waals surface area contributed by atoms with Crippen LogP contribution in [0.3, 0.4) is 0 Å². The third kappa shape index (κ3) is 3.61. The quantitative estimate of drug-likeness (QED) is 0.870. The van der Waals surface area contributed by atoms with E-state index in [1.807, 2.05) is 24.3 Å². The summed E-state index contributed by atoms with van der Waals surface area (Å²) in [5, 5.41) is 14.6. The Labute approximate surface area is 120 Å². The standard InChI is InChI=1S/C14H20ClNO.ClH/c1-14(2)9-5-8-12(16-14)13(17)10-6-3-4-7-11(10)15;/h3-4,6-7,12-13,16-17H,5,8-9H2,1-2H3;1H/t12-,13+;/m1./s1. The molecule has 1 saturated heterocycles. The zero-order valence-electron chi connectivity index (χ0n) is 10.8. The zero-order valence-corrected chi connectivity index (χ0v) is 12.4. The van der Waals surface area contributed by atoms with Crippen molar-refractivity contribution in [3.05, 3.63) is 34.9 Å². The van der Waals surface area contributed by atoms with Crippen molar-refractivity contribution in [1.82, 2.24) is 5.32 Å². The number of piperidine rings is 1. The highest BCUT2D eigenvalue weighted by molar-refractivity contribution is 6.31. The van der Waals surface area contributed by atoms with Crippen molar-refractivity contribution in [2.24, 2.45) is 0 Å². The van der Waals surface area contributed by atoms with Gasteiger partial charge in [-0.25, -0.2) is 0 Å². The highest BCUT2D eigenvalue weighted by Gasteiger charge is 2.32. The average molecular weight is 290 g/mol. The van der Waals surface area contributed by atoms with E-state index in [0.29, 0.717) is 5.02 Å². The van der Waals surface area contributed by atoms with Crippen LogP contribution in [0.5, 0.6) is 0 Å². The molecule has 0 spiro atoms. The van der Waals surface area contributed by atoms with E-state index in [2.05, 4.69) is 19.2 Å². The third-order valence-electron chi connectivity index (χ3n) is 3.50. The van der Waals surface area contributed by atoms with Crippen LogP contribution in [0.4, 0.5) is 0 Å². The number of aliphatic hydroxyl groups excluding tert-OH is 1. The summed E-state index contributed by atoms with van der Waals surface area (Å²) < 4.78 is 0. The van der Waals surface area contributed by atoms with Gasteiger partial charge in [0.05, 0.1) is 6.10 Å². The summed E-state index contributed by atoms with van der Waals surface area (Å²) in [4.78, 5) is 0. The van der Waals surface area contributed by atoms with Crippen LogP contribution in [-0.4, -0.2) is 16.7 Å². The SMILES string of the molecule is CC1(C)CCC[C@H]([C@@H](O)c2ccccc2Cl)N1.Cl. The maximum absolute atomic E-state index is 10.4. The first-order valence-corrected chi connectivity index (χ1v) is 6.57. The van der Waals surface area contributed by atoms with Gasteiger partial charge < -0.3 is 10.4 Å². The van der Waals surface area contributed by atoms with E-state index < -0.39 is 6.10 Å². The van der Waals surface area contributed by atoms with Crippen LogP contribution in [0.15, 0.2) is 24.3 Å². The molecule has 2 N–H and O–H groups in total. The van der Waals surface area contributed by atoms with Gasteiger partial charge in [-0.3, -0.25) is 0 Å². The van der Waals surface area contributed by atoms with E-state index in [9.17, 15) is 5.11 Å². The average Bonchev–Trinajstić information content (AvgIpc) is 2.27. The topological polar surface area (TPSA) is 32.3 Å². The lowest BCUT2D eigenvalue weighted by atomic mass is 9.85. The van der Waals surface area contributed by atoms with Crippen LogP contribution in [0.2, 0.25) is 5.02 Å². The number of hydrogen-bond acceptors (Lipinski definition) is 2. The lowest BCUT2D eigenvalue weighted by Gasteiger charge is -2.39. The normalized spacial score (nSPS) is 24.1. The molecule has 0 amide bonds. The number of halogens is 2. The summed E-state index contributed by atoms with van der Waals surface area (Å²) in [5.74, 6) is 0. The molecule has 1 aromatic rings. The minimum atomic E-state index is -0.525. The first kappa shape index (κ1) is 15.8. The lowest BCUT2D eigenvalue weighted by molar-refractivity contribution is 0.0845. The van der Waals surface area contributed by atoms with Gasteiger partial charge in [0.2, 0.25) is 0 Å². The third-order valence-corrected chi connectivity index (χ3v) is 3.84. The molecule has 1 heterocycles. The maximum Gasteiger partial charge on any atom is 0.0957 e. The molecule has 1 aromatic carbocycles. The van der Waals surface area contributed by atoms with Gasteiger partial charge in [0, 0.05) is 22.2 Å². The van der Waals surface area contributed by atoms with Crippen molar-refractivity contribution in [3.8, 4) is 0 Å². The second-order valence-corrected chi connectivity index (χ2v) is 5.90. The van der Waals surface area contributed by atoms with Crippen molar-refractivity contribution in [1.29, 1.82) is 0 Å². The number of nitrogens with one attached hydrogen (secondary N) is 1. The van der Waals surface area contributed by atoms with E-state index in [4.69, 9.17) is 11.6 Å². The zero-order chi connectivity index (χ0) is 12.5. The van der Waals surface area contributed by atoms with E-state index in [1.54, 1.807) is 0 Å². The Balaban J connectivity index is 0.00000162. The van der Waals surface area contributed by atoms with Gasteiger partial charge in [-0.2, -0.15) is 0 Å². The Morgan fingerprint density at radius 3 is 2.67 bits per heavy atom. The van der Waals surface area contributed by atoms with Gasteiger partial charge in [-0.15, -0.1) is 12.4 Å². The summed E-state index contributed by atoms with van der Waals surface area (Å²) >= 11 is 6.12. The Morgan fingerprint density at radius 1 is 1.39 bits per heavy atom. The fourth-order valence-corrected chi connectivity index (χ4v) is 2.83. The van der Waals surface area contributed by atoms with Crippen molar-refractivity contribution >= 4 is 24.0 Å². The highest BCUT2D eigenvalue weighted by Crippen LogP contribution is 2.31. The largest absolute Gasteiger partial charge is 0.387 e. The second kappa shape index (κ2) is 6.25.